The van der Waals surface area contributed by atoms with E-state index in [2.05, 4.69) is 4.98 Å². The molecule has 1 N–H and O–H groups in total. The van der Waals surface area contributed by atoms with Gasteiger partial charge < -0.3 is 19.5 Å². The lowest BCUT2D eigenvalue weighted by Gasteiger charge is -2.29. The second-order valence-electron chi connectivity index (χ2n) is 5.29. The van der Waals surface area contributed by atoms with Gasteiger partial charge in [0.25, 0.3) is 5.91 Å². The monoisotopic (exact) mass is 418 g/mol. The summed E-state index contributed by atoms with van der Waals surface area (Å²) in [7, 11) is 1.51. The van der Waals surface area contributed by atoms with Crippen LogP contribution >= 0.6 is 11.6 Å². The van der Waals surface area contributed by atoms with E-state index in [4.69, 9.17) is 31.0 Å². The number of pyridine rings is 1. The van der Waals surface area contributed by atoms with E-state index >= 15 is 0 Å². The number of carboxylic acids is 1. The SMILES string of the molecule is COc1cccc(C(=O)N2CCOc3ccc(Cl)cc32)n1.O=C(O)C(F)(F)F. The van der Waals surface area contributed by atoms with Gasteiger partial charge in [0.2, 0.25) is 5.88 Å². The zero-order valence-corrected chi connectivity index (χ0v) is 15.1. The Morgan fingerprint density at radius 2 is 1.96 bits per heavy atom. The standard InChI is InChI=1S/C15H13ClN2O3.C2HF3O2/c1-20-14-4-2-3-11(17-14)15(19)18-7-8-21-13-6-5-10(16)9-12(13)18;3-2(4,5)1(6)7/h2-6,9H,7-8H2,1H3;(H,6,7). The summed E-state index contributed by atoms with van der Waals surface area (Å²) in [4.78, 5) is 27.3. The lowest BCUT2D eigenvalue weighted by atomic mass is 10.2. The summed E-state index contributed by atoms with van der Waals surface area (Å²) < 4.78 is 42.3. The third-order valence-corrected chi connectivity index (χ3v) is 3.66. The summed E-state index contributed by atoms with van der Waals surface area (Å²) in [6.45, 7) is 0.884. The molecule has 0 unspecified atom stereocenters. The largest absolute Gasteiger partial charge is 0.490 e. The molecule has 3 rings (SSSR count). The van der Waals surface area contributed by atoms with E-state index in [-0.39, 0.29) is 5.91 Å². The van der Waals surface area contributed by atoms with Gasteiger partial charge in [-0.2, -0.15) is 13.2 Å². The minimum absolute atomic E-state index is 0.208. The van der Waals surface area contributed by atoms with Gasteiger partial charge in [0.05, 0.1) is 19.3 Å². The molecule has 28 heavy (non-hydrogen) atoms. The number of nitrogens with zero attached hydrogens (tertiary/aromatic N) is 2. The van der Waals surface area contributed by atoms with E-state index in [9.17, 15) is 18.0 Å². The molecule has 150 valence electrons. The highest BCUT2D eigenvalue weighted by Crippen LogP contribution is 2.34. The van der Waals surface area contributed by atoms with Crippen LogP contribution in [0.4, 0.5) is 18.9 Å². The van der Waals surface area contributed by atoms with Crippen molar-refractivity contribution in [2.75, 3.05) is 25.2 Å². The van der Waals surface area contributed by atoms with Gasteiger partial charge in [-0.25, -0.2) is 9.78 Å². The summed E-state index contributed by atoms with van der Waals surface area (Å²) in [6, 6.07) is 10.3. The number of aliphatic carboxylic acids is 1. The van der Waals surface area contributed by atoms with Crippen LogP contribution in [0.5, 0.6) is 11.6 Å². The molecule has 1 aromatic carbocycles. The number of carboxylic acid groups (broad SMARTS) is 1. The summed E-state index contributed by atoms with van der Waals surface area (Å²) in [6.07, 6.45) is -5.08. The lowest BCUT2D eigenvalue weighted by molar-refractivity contribution is -0.192. The molecule has 11 heteroatoms. The first-order valence-electron chi connectivity index (χ1n) is 7.69. The van der Waals surface area contributed by atoms with E-state index < -0.39 is 12.1 Å². The fourth-order valence-electron chi connectivity index (χ4n) is 2.19. The molecule has 0 spiro atoms. The predicted molar refractivity (Wildman–Crippen MR) is 93.1 cm³/mol. The van der Waals surface area contributed by atoms with Crippen molar-refractivity contribution in [1.82, 2.24) is 4.98 Å². The number of benzene rings is 1. The molecule has 0 saturated heterocycles. The summed E-state index contributed by atoms with van der Waals surface area (Å²) in [5.41, 5.74) is 0.977. The van der Waals surface area contributed by atoms with E-state index in [0.717, 1.165) is 0 Å². The van der Waals surface area contributed by atoms with Crippen LogP contribution < -0.4 is 14.4 Å². The summed E-state index contributed by atoms with van der Waals surface area (Å²) >= 11 is 6.01. The highest BCUT2D eigenvalue weighted by Gasteiger charge is 2.38. The first-order chi connectivity index (χ1) is 13.1. The highest BCUT2D eigenvalue weighted by molar-refractivity contribution is 6.31. The fourth-order valence-corrected chi connectivity index (χ4v) is 2.35. The third kappa shape index (κ3) is 5.26. The number of alkyl halides is 3. The molecule has 2 heterocycles. The Labute approximate surface area is 162 Å². The number of anilines is 1. The maximum absolute atomic E-state index is 12.7. The van der Waals surface area contributed by atoms with Crippen molar-refractivity contribution in [3.8, 4) is 11.6 Å². The van der Waals surface area contributed by atoms with Crippen molar-refractivity contribution in [1.29, 1.82) is 0 Å². The number of hydrogen-bond donors (Lipinski definition) is 1. The predicted octanol–water partition coefficient (Wildman–Crippen LogP) is 3.42. The maximum Gasteiger partial charge on any atom is 0.490 e. The van der Waals surface area contributed by atoms with Crippen molar-refractivity contribution < 1.29 is 37.3 Å². The van der Waals surface area contributed by atoms with E-state index in [0.29, 0.717) is 41.2 Å². The van der Waals surface area contributed by atoms with E-state index in [1.54, 1.807) is 41.3 Å². The van der Waals surface area contributed by atoms with Crippen LogP contribution in [-0.4, -0.2) is 48.4 Å². The maximum atomic E-state index is 12.7. The Morgan fingerprint density at radius 1 is 1.29 bits per heavy atom. The molecule has 1 aliphatic heterocycles. The van der Waals surface area contributed by atoms with Crippen LogP contribution in [0.3, 0.4) is 0 Å². The van der Waals surface area contributed by atoms with Crippen molar-refractivity contribution in [2.24, 2.45) is 0 Å². The number of ether oxygens (including phenoxy) is 2. The molecule has 0 aliphatic carbocycles. The minimum atomic E-state index is -5.08. The first-order valence-corrected chi connectivity index (χ1v) is 8.06. The fraction of sp³-hybridized carbons (Fsp3) is 0.235. The van der Waals surface area contributed by atoms with Crippen LogP contribution in [0, 0.1) is 0 Å². The molecule has 1 amide bonds. The van der Waals surface area contributed by atoms with Gasteiger partial charge in [0.15, 0.2) is 0 Å². The van der Waals surface area contributed by atoms with Crippen molar-refractivity contribution >= 4 is 29.2 Å². The third-order valence-electron chi connectivity index (χ3n) is 3.42. The lowest BCUT2D eigenvalue weighted by Crippen LogP contribution is -2.38. The van der Waals surface area contributed by atoms with Gasteiger partial charge in [0, 0.05) is 11.1 Å². The average Bonchev–Trinajstić information content (AvgIpc) is 2.66. The van der Waals surface area contributed by atoms with Crippen LogP contribution in [0.25, 0.3) is 0 Å². The number of aromatic nitrogens is 1. The Hall–Kier alpha value is -3.01. The summed E-state index contributed by atoms with van der Waals surface area (Å²) in [5.74, 6) is -1.92. The van der Waals surface area contributed by atoms with Gasteiger partial charge in [-0.15, -0.1) is 0 Å². The molecular weight excluding hydrogens is 405 g/mol. The Bertz CT molecular complexity index is 876. The quantitative estimate of drug-likeness (QED) is 0.804. The molecular formula is C17H14ClF3N2O5. The molecule has 0 saturated carbocycles. The van der Waals surface area contributed by atoms with E-state index in [1.165, 1.54) is 7.11 Å². The molecule has 2 aromatic rings. The normalized spacial score (nSPS) is 12.8. The topological polar surface area (TPSA) is 89.0 Å². The second kappa shape index (κ2) is 8.79. The van der Waals surface area contributed by atoms with Crippen LogP contribution in [-0.2, 0) is 4.79 Å². The Kier molecular flexibility index (Phi) is 6.68. The van der Waals surface area contributed by atoms with Crippen LogP contribution in [0.2, 0.25) is 5.02 Å². The molecule has 0 bridgehead atoms. The summed E-state index contributed by atoms with van der Waals surface area (Å²) in [5, 5.41) is 7.68. The van der Waals surface area contributed by atoms with Crippen molar-refractivity contribution in [2.45, 2.75) is 6.18 Å². The van der Waals surface area contributed by atoms with Crippen molar-refractivity contribution in [3.63, 3.8) is 0 Å². The number of carbonyl (C=O) groups is 2. The van der Waals surface area contributed by atoms with Gasteiger partial charge in [-0.05, 0) is 24.3 Å². The zero-order chi connectivity index (χ0) is 20.9. The number of amides is 1. The number of halogens is 4. The smallest absolute Gasteiger partial charge is 0.490 e. The number of fused-ring (bicyclic) bond motifs is 1. The highest BCUT2D eigenvalue weighted by atomic mass is 35.5. The number of hydrogen-bond acceptors (Lipinski definition) is 5. The van der Waals surface area contributed by atoms with Gasteiger partial charge >= 0.3 is 12.1 Å². The average molecular weight is 419 g/mol. The Morgan fingerprint density at radius 3 is 2.57 bits per heavy atom. The number of carbonyl (C=O) groups excluding carboxylic acids is 1. The second-order valence-corrected chi connectivity index (χ2v) is 5.72. The molecule has 1 aromatic heterocycles. The zero-order valence-electron chi connectivity index (χ0n) is 14.4. The molecule has 0 radical (unpaired) electrons. The van der Waals surface area contributed by atoms with Crippen molar-refractivity contribution in [3.05, 3.63) is 47.1 Å². The van der Waals surface area contributed by atoms with Gasteiger partial charge in [0.1, 0.15) is 18.1 Å². The molecule has 7 nitrogen and oxygen atoms in total. The minimum Gasteiger partial charge on any atom is -0.490 e. The Balaban J connectivity index is 0.000000345. The molecule has 1 aliphatic rings. The molecule has 0 atom stereocenters. The van der Waals surface area contributed by atoms with Crippen LogP contribution in [0.1, 0.15) is 10.5 Å². The van der Waals surface area contributed by atoms with Gasteiger partial charge in [-0.1, -0.05) is 17.7 Å². The number of rotatable bonds is 2. The van der Waals surface area contributed by atoms with Gasteiger partial charge in [-0.3, -0.25) is 4.79 Å². The van der Waals surface area contributed by atoms with E-state index in [1.807, 2.05) is 0 Å². The molecule has 0 fully saturated rings. The first kappa shape index (κ1) is 21.3. The van der Waals surface area contributed by atoms with Crippen LogP contribution in [0.15, 0.2) is 36.4 Å². The number of methoxy groups -OCH3 is 1.